The van der Waals surface area contributed by atoms with Gasteiger partial charge in [0.25, 0.3) is 0 Å². The van der Waals surface area contributed by atoms with Crippen molar-refractivity contribution in [2.45, 2.75) is 38.1 Å². The Morgan fingerprint density at radius 3 is 1.53 bits per heavy atom. The molecule has 0 radical (unpaired) electrons. The summed E-state index contributed by atoms with van der Waals surface area (Å²) in [5.74, 6) is -1.06. The number of hydrogen-bond acceptors (Lipinski definition) is 4. The van der Waals surface area contributed by atoms with Gasteiger partial charge >= 0.3 is 5.97 Å². The lowest BCUT2D eigenvalue weighted by Gasteiger charge is -2.31. The number of allylic oxidation sites excluding steroid dienone is 2. The van der Waals surface area contributed by atoms with Crippen LogP contribution >= 0.6 is 0 Å². The number of carboxylic acids is 1. The molecule has 3 rings (SSSR count). The predicted octanol–water partition coefficient (Wildman–Crippen LogP) is 6.13. The zero-order valence-corrected chi connectivity index (χ0v) is 20.2. The number of carboxylic acid groups (broad SMARTS) is 1. The number of carbonyl (C=O) groups is 1. The molecule has 3 aromatic carbocycles. The van der Waals surface area contributed by atoms with Crippen LogP contribution in [0, 0.1) is 0 Å². The van der Waals surface area contributed by atoms with Gasteiger partial charge in [-0.1, -0.05) is 116 Å². The van der Waals surface area contributed by atoms with Crippen molar-refractivity contribution in [3.05, 3.63) is 145 Å². The summed E-state index contributed by atoms with van der Waals surface area (Å²) < 4.78 is 18.9. The molecule has 36 heavy (non-hydrogen) atoms. The van der Waals surface area contributed by atoms with Gasteiger partial charge in [0.2, 0.25) is 0 Å². The fourth-order valence-electron chi connectivity index (χ4n) is 3.56. The maximum atomic E-state index is 11.4. The third kappa shape index (κ3) is 9.47. The van der Waals surface area contributed by atoms with Gasteiger partial charge in [-0.05, 0) is 22.8 Å². The van der Waals surface area contributed by atoms with Crippen molar-refractivity contribution in [2.24, 2.45) is 0 Å². The number of rotatable bonds is 15. The third-order valence-corrected chi connectivity index (χ3v) is 5.37. The number of ether oxygens (including phenoxy) is 3. The van der Waals surface area contributed by atoms with E-state index in [1.807, 2.05) is 97.1 Å². The van der Waals surface area contributed by atoms with Gasteiger partial charge in [-0.2, -0.15) is 0 Å². The van der Waals surface area contributed by atoms with Crippen LogP contribution in [0.2, 0.25) is 0 Å². The molecule has 0 saturated carbocycles. The van der Waals surface area contributed by atoms with Gasteiger partial charge in [0.15, 0.2) is 0 Å². The van der Waals surface area contributed by atoms with E-state index in [9.17, 15) is 9.90 Å². The SMILES string of the molecule is C=C/C=C/[C@@H](OCc1ccccc1)[C@H](OCc1ccccc1)[C@@H](/C=C/C(=O)O)OCc1ccccc1. The van der Waals surface area contributed by atoms with E-state index in [1.165, 1.54) is 6.08 Å². The van der Waals surface area contributed by atoms with Crippen LogP contribution in [0.3, 0.4) is 0 Å². The minimum atomic E-state index is -1.06. The number of hydrogen-bond donors (Lipinski definition) is 1. The second kappa shape index (κ2) is 15.3. The van der Waals surface area contributed by atoms with Gasteiger partial charge in [-0.15, -0.1) is 0 Å². The van der Waals surface area contributed by atoms with Crippen molar-refractivity contribution in [1.29, 1.82) is 0 Å². The molecular formula is C31H32O5. The summed E-state index contributed by atoms with van der Waals surface area (Å²) in [5, 5.41) is 9.33. The van der Waals surface area contributed by atoms with Gasteiger partial charge in [0.1, 0.15) is 18.3 Å². The van der Waals surface area contributed by atoms with E-state index in [0.29, 0.717) is 13.2 Å². The van der Waals surface area contributed by atoms with Crippen molar-refractivity contribution < 1.29 is 24.1 Å². The molecule has 3 aromatic rings. The normalized spacial score (nSPS) is 14.0. The lowest BCUT2D eigenvalue weighted by Crippen LogP contribution is -2.41. The summed E-state index contributed by atoms with van der Waals surface area (Å²) in [6.45, 7) is 4.73. The second-order valence-electron chi connectivity index (χ2n) is 8.10. The molecule has 0 aliphatic carbocycles. The minimum Gasteiger partial charge on any atom is -0.478 e. The van der Waals surface area contributed by atoms with Crippen LogP contribution in [0.5, 0.6) is 0 Å². The molecule has 0 bridgehead atoms. The largest absolute Gasteiger partial charge is 0.478 e. The molecule has 0 heterocycles. The standard InChI is InChI=1S/C31H32O5/c1-2-3-19-28(34-22-25-13-7-4-8-14-25)31(36-24-27-17-11-6-12-18-27)29(20-21-30(32)33)35-23-26-15-9-5-10-16-26/h2-21,28-29,31H,1,22-24H2,(H,32,33)/b19-3+,21-20+/t28-,29-,31+/m1/s1. The summed E-state index contributed by atoms with van der Waals surface area (Å²) in [5.41, 5.74) is 2.97. The average molecular weight is 485 g/mol. The van der Waals surface area contributed by atoms with Crippen LogP contribution in [0.4, 0.5) is 0 Å². The van der Waals surface area contributed by atoms with Crippen LogP contribution < -0.4 is 0 Å². The Morgan fingerprint density at radius 2 is 1.11 bits per heavy atom. The molecule has 3 atom stereocenters. The molecule has 5 nitrogen and oxygen atoms in total. The zero-order chi connectivity index (χ0) is 25.4. The summed E-state index contributed by atoms with van der Waals surface area (Å²) >= 11 is 0. The first-order valence-corrected chi connectivity index (χ1v) is 11.8. The van der Waals surface area contributed by atoms with Crippen molar-refractivity contribution in [3.8, 4) is 0 Å². The molecule has 0 aliphatic heterocycles. The van der Waals surface area contributed by atoms with E-state index >= 15 is 0 Å². The topological polar surface area (TPSA) is 65.0 Å². The highest BCUT2D eigenvalue weighted by molar-refractivity contribution is 5.79. The van der Waals surface area contributed by atoms with Crippen molar-refractivity contribution in [2.75, 3.05) is 0 Å². The molecule has 1 N–H and O–H groups in total. The van der Waals surface area contributed by atoms with E-state index in [4.69, 9.17) is 14.2 Å². The van der Waals surface area contributed by atoms with E-state index < -0.39 is 24.3 Å². The third-order valence-electron chi connectivity index (χ3n) is 5.37. The monoisotopic (exact) mass is 484 g/mol. The average Bonchev–Trinajstić information content (AvgIpc) is 2.92. The molecule has 0 amide bonds. The van der Waals surface area contributed by atoms with E-state index in [1.54, 1.807) is 12.2 Å². The summed E-state index contributed by atoms with van der Waals surface area (Å²) in [7, 11) is 0. The highest BCUT2D eigenvalue weighted by Crippen LogP contribution is 2.20. The van der Waals surface area contributed by atoms with Crippen LogP contribution in [0.25, 0.3) is 0 Å². The van der Waals surface area contributed by atoms with Gasteiger partial charge in [-0.25, -0.2) is 4.79 Å². The van der Waals surface area contributed by atoms with Crippen LogP contribution in [0.15, 0.2) is 128 Å². The summed E-state index contributed by atoms with van der Waals surface area (Å²) in [6, 6.07) is 29.3. The first-order chi connectivity index (χ1) is 17.7. The Hall–Kier alpha value is -3.77. The van der Waals surface area contributed by atoms with E-state index in [-0.39, 0.29) is 6.61 Å². The molecule has 0 saturated heterocycles. The Morgan fingerprint density at radius 1 is 0.694 bits per heavy atom. The van der Waals surface area contributed by atoms with Gasteiger partial charge in [0, 0.05) is 6.08 Å². The van der Waals surface area contributed by atoms with E-state index in [0.717, 1.165) is 22.8 Å². The molecule has 0 fully saturated rings. The first kappa shape index (κ1) is 26.8. The lowest BCUT2D eigenvalue weighted by atomic mass is 10.0. The van der Waals surface area contributed by atoms with Crippen LogP contribution in [-0.2, 0) is 38.8 Å². The smallest absolute Gasteiger partial charge is 0.328 e. The molecule has 0 aromatic heterocycles. The first-order valence-electron chi connectivity index (χ1n) is 11.8. The minimum absolute atomic E-state index is 0.289. The van der Waals surface area contributed by atoms with Crippen molar-refractivity contribution in [1.82, 2.24) is 0 Å². The summed E-state index contributed by atoms with van der Waals surface area (Å²) in [6.07, 6.45) is 6.06. The van der Waals surface area contributed by atoms with Gasteiger partial charge in [0.05, 0.1) is 19.8 Å². The van der Waals surface area contributed by atoms with Crippen LogP contribution in [0.1, 0.15) is 16.7 Å². The van der Waals surface area contributed by atoms with Gasteiger partial charge < -0.3 is 19.3 Å². The summed E-state index contributed by atoms with van der Waals surface area (Å²) in [4.78, 5) is 11.4. The molecule has 0 spiro atoms. The van der Waals surface area contributed by atoms with Gasteiger partial charge in [-0.3, -0.25) is 0 Å². The van der Waals surface area contributed by atoms with Crippen molar-refractivity contribution >= 4 is 5.97 Å². The van der Waals surface area contributed by atoms with E-state index in [2.05, 4.69) is 6.58 Å². The molecule has 5 heteroatoms. The predicted molar refractivity (Wildman–Crippen MR) is 141 cm³/mol. The Balaban J connectivity index is 1.89. The fraction of sp³-hybridized carbons (Fsp3) is 0.194. The Bertz CT molecular complexity index is 1090. The maximum Gasteiger partial charge on any atom is 0.328 e. The van der Waals surface area contributed by atoms with Crippen molar-refractivity contribution in [3.63, 3.8) is 0 Å². The fourth-order valence-corrected chi connectivity index (χ4v) is 3.56. The molecule has 0 unspecified atom stereocenters. The molecule has 0 aliphatic rings. The highest BCUT2D eigenvalue weighted by Gasteiger charge is 2.30. The maximum absolute atomic E-state index is 11.4. The van der Waals surface area contributed by atoms with Crippen LogP contribution in [-0.4, -0.2) is 29.4 Å². The number of aliphatic carboxylic acids is 1. The Kier molecular flexibility index (Phi) is 11.4. The number of benzene rings is 3. The molecule has 186 valence electrons. The quantitative estimate of drug-likeness (QED) is 0.208. The Labute approximate surface area is 213 Å². The second-order valence-corrected chi connectivity index (χ2v) is 8.10. The molecular weight excluding hydrogens is 452 g/mol. The lowest BCUT2D eigenvalue weighted by molar-refractivity contribution is -0.132. The zero-order valence-electron chi connectivity index (χ0n) is 20.2. The highest BCUT2D eigenvalue weighted by atomic mass is 16.6.